The Balaban J connectivity index is 2.73. The molecule has 0 aromatic carbocycles. The minimum absolute atomic E-state index is 0.0995. The molecule has 0 bridgehead atoms. The SMILES string of the molecule is CC1C(Cl)=CC=CC1N. The molecule has 0 radical (unpaired) electrons. The van der Waals surface area contributed by atoms with Crippen LogP contribution in [0.15, 0.2) is 23.3 Å². The number of halogens is 1. The Hall–Kier alpha value is -0.270. The Morgan fingerprint density at radius 3 is 2.78 bits per heavy atom. The van der Waals surface area contributed by atoms with E-state index < -0.39 is 0 Å². The highest BCUT2D eigenvalue weighted by atomic mass is 35.5. The Kier molecular flexibility index (Phi) is 1.94. The van der Waals surface area contributed by atoms with Crippen LogP contribution in [0.4, 0.5) is 0 Å². The Labute approximate surface area is 60.2 Å². The number of rotatable bonds is 0. The van der Waals surface area contributed by atoms with Crippen molar-refractivity contribution in [3.8, 4) is 0 Å². The van der Waals surface area contributed by atoms with Crippen molar-refractivity contribution in [1.82, 2.24) is 0 Å². The molecule has 1 aliphatic carbocycles. The second kappa shape index (κ2) is 2.54. The van der Waals surface area contributed by atoms with E-state index in [9.17, 15) is 0 Å². The van der Waals surface area contributed by atoms with Crippen LogP contribution in [0.2, 0.25) is 0 Å². The van der Waals surface area contributed by atoms with Crippen LogP contribution in [0, 0.1) is 5.92 Å². The fourth-order valence-corrected chi connectivity index (χ4v) is 0.996. The van der Waals surface area contributed by atoms with E-state index in [0.717, 1.165) is 5.03 Å². The van der Waals surface area contributed by atoms with Crippen LogP contribution in [0.1, 0.15) is 6.92 Å². The van der Waals surface area contributed by atoms with Gasteiger partial charge in [-0.3, -0.25) is 0 Å². The molecule has 0 saturated heterocycles. The molecule has 1 nitrogen and oxygen atoms in total. The molecule has 2 N–H and O–H groups in total. The third kappa shape index (κ3) is 1.35. The summed E-state index contributed by atoms with van der Waals surface area (Å²) in [5.74, 6) is 0.289. The van der Waals surface area contributed by atoms with Gasteiger partial charge in [0.05, 0.1) is 0 Å². The molecule has 0 spiro atoms. The lowest BCUT2D eigenvalue weighted by Crippen LogP contribution is -2.27. The van der Waals surface area contributed by atoms with E-state index >= 15 is 0 Å². The molecule has 0 heterocycles. The summed E-state index contributed by atoms with van der Waals surface area (Å²) in [6, 6.07) is 0.0995. The number of nitrogens with two attached hydrogens (primary N) is 1. The molecule has 2 atom stereocenters. The maximum atomic E-state index is 5.79. The normalized spacial score (nSPS) is 34.3. The van der Waals surface area contributed by atoms with Gasteiger partial charge in [-0.1, -0.05) is 30.7 Å². The monoisotopic (exact) mass is 143 g/mol. The molecule has 1 aliphatic rings. The summed E-state index contributed by atoms with van der Waals surface area (Å²) >= 11 is 5.79. The standard InChI is InChI=1S/C7H10ClN/c1-5-6(8)3-2-4-7(5)9/h2-5,7H,9H2,1H3. The van der Waals surface area contributed by atoms with Gasteiger partial charge in [0.25, 0.3) is 0 Å². The van der Waals surface area contributed by atoms with Crippen molar-refractivity contribution < 1.29 is 0 Å². The summed E-state index contributed by atoms with van der Waals surface area (Å²) in [5.41, 5.74) is 5.66. The zero-order chi connectivity index (χ0) is 6.85. The maximum Gasteiger partial charge on any atom is 0.0302 e. The van der Waals surface area contributed by atoms with E-state index in [-0.39, 0.29) is 12.0 Å². The van der Waals surface area contributed by atoms with Gasteiger partial charge in [0.1, 0.15) is 0 Å². The molecule has 0 fully saturated rings. The zero-order valence-corrected chi connectivity index (χ0v) is 6.10. The molecule has 9 heavy (non-hydrogen) atoms. The van der Waals surface area contributed by atoms with Gasteiger partial charge in [-0.2, -0.15) is 0 Å². The highest BCUT2D eigenvalue weighted by molar-refractivity contribution is 6.30. The average Bonchev–Trinajstić information content (AvgIpc) is 1.83. The molecule has 0 aliphatic heterocycles. The number of hydrogen-bond donors (Lipinski definition) is 1. The average molecular weight is 144 g/mol. The summed E-state index contributed by atoms with van der Waals surface area (Å²) < 4.78 is 0. The Morgan fingerprint density at radius 2 is 2.33 bits per heavy atom. The minimum Gasteiger partial charge on any atom is -0.324 e. The van der Waals surface area contributed by atoms with Crippen molar-refractivity contribution in [1.29, 1.82) is 0 Å². The highest BCUT2D eigenvalue weighted by Gasteiger charge is 2.14. The summed E-state index contributed by atoms with van der Waals surface area (Å²) in [6.07, 6.45) is 5.74. The maximum absolute atomic E-state index is 5.79. The van der Waals surface area contributed by atoms with Gasteiger partial charge < -0.3 is 5.73 Å². The van der Waals surface area contributed by atoms with Crippen molar-refractivity contribution in [2.45, 2.75) is 13.0 Å². The van der Waals surface area contributed by atoms with Crippen LogP contribution in [0.3, 0.4) is 0 Å². The van der Waals surface area contributed by atoms with Gasteiger partial charge in [0.2, 0.25) is 0 Å². The predicted octanol–water partition coefficient (Wildman–Crippen LogP) is 1.64. The van der Waals surface area contributed by atoms with Crippen LogP contribution in [-0.4, -0.2) is 6.04 Å². The third-order valence-corrected chi connectivity index (χ3v) is 2.07. The molecule has 0 aromatic heterocycles. The largest absolute Gasteiger partial charge is 0.324 e. The van der Waals surface area contributed by atoms with Gasteiger partial charge in [0, 0.05) is 17.0 Å². The van der Waals surface area contributed by atoms with Crippen molar-refractivity contribution in [3.63, 3.8) is 0 Å². The lowest BCUT2D eigenvalue weighted by molar-refractivity contribution is 0.614. The van der Waals surface area contributed by atoms with E-state index in [1.165, 1.54) is 0 Å². The van der Waals surface area contributed by atoms with E-state index in [0.29, 0.717) is 0 Å². The number of allylic oxidation sites excluding steroid dienone is 2. The van der Waals surface area contributed by atoms with Crippen molar-refractivity contribution in [2.24, 2.45) is 11.7 Å². The molecule has 0 saturated carbocycles. The lowest BCUT2D eigenvalue weighted by Gasteiger charge is -2.18. The van der Waals surface area contributed by atoms with Crippen LogP contribution in [0.5, 0.6) is 0 Å². The van der Waals surface area contributed by atoms with Crippen LogP contribution >= 0.6 is 11.6 Å². The zero-order valence-electron chi connectivity index (χ0n) is 5.34. The van der Waals surface area contributed by atoms with E-state index in [4.69, 9.17) is 17.3 Å². The smallest absolute Gasteiger partial charge is 0.0302 e. The first kappa shape index (κ1) is 6.84. The van der Waals surface area contributed by atoms with Gasteiger partial charge in [-0.15, -0.1) is 0 Å². The summed E-state index contributed by atoms with van der Waals surface area (Å²) in [7, 11) is 0. The van der Waals surface area contributed by atoms with Crippen molar-refractivity contribution >= 4 is 11.6 Å². The molecule has 2 heteroatoms. The second-order valence-electron chi connectivity index (χ2n) is 2.30. The second-order valence-corrected chi connectivity index (χ2v) is 2.74. The van der Waals surface area contributed by atoms with Crippen molar-refractivity contribution in [3.05, 3.63) is 23.3 Å². The lowest BCUT2D eigenvalue weighted by atomic mass is 9.98. The summed E-state index contributed by atoms with van der Waals surface area (Å²) in [4.78, 5) is 0. The minimum atomic E-state index is 0.0995. The molecular formula is C7H10ClN. The highest BCUT2D eigenvalue weighted by Crippen LogP contribution is 2.21. The molecule has 0 aromatic rings. The van der Waals surface area contributed by atoms with Gasteiger partial charge in [-0.25, -0.2) is 0 Å². The summed E-state index contributed by atoms with van der Waals surface area (Å²) in [5, 5.41) is 0.852. The molecule has 2 unspecified atom stereocenters. The predicted molar refractivity (Wildman–Crippen MR) is 40.2 cm³/mol. The van der Waals surface area contributed by atoms with Gasteiger partial charge in [0.15, 0.2) is 0 Å². The van der Waals surface area contributed by atoms with E-state index in [1.807, 2.05) is 25.2 Å². The molecule has 1 rings (SSSR count). The number of hydrogen-bond acceptors (Lipinski definition) is 1. The fraction of sp³-hybridized carbons (Fsp3) is 0.429. The van der Waals surface area contributed by atoms with Gasteiger partial charge >= 0.3 is 0 Å². The fourth-order valence-electron chi connectivity index (χ4n) is 0.778. The van der Waals surface area contributed by atoms with E-state index in [2.05, 4.69) is 0 Å². The van der Waals surface area contributed by atoms with Crippen LogP contribution in [0.25, 0.3) is 0 Å². The Morgan fingerprint density at radius 1 is 1.67 bits per heavy atom. The quantitative estimate of drug-likeness (QED) is 0.548. The molecule has 0 amide bonds. The first-order valence-corrected chi connectivity index (χ1v) is 3.39. The van der Waals surface area contributed by atoms with Crippen LogP contribution in [-0.2, 0) is 0 Å². The topological polar surface area (TPSA) is 26.0 Å². The first-order chi connectivity index (χ1) is 4.22. The first-order valence-electron chi connectivity index (χ1n) is 3.01. The molecule has 50 valence electrons. The van der Waals surface area contributed by atoms with Crippen LogP contribution < -0.4 is 5.73 Å². The summed E-state index contributed by atoms with van der Waals surface area (Å²) in [6.45, 7) is 2.02. The van der Waals surface area contributed by atoms with Gasteiger partial charge in [-0.05, 0) is 6.08 Å². The third-order valence-electron chi connectivity index (χ3n) is 1.60. The van der Waals surface area contributed by atoms with E-state index in [1.54, 1.807) is 0 Å². The van der Waals surface area contributed by atoms with Crippen molar-refractivity contribution in [2.75, 3.05) is 0 Å². The molecular weight excluding hydrogens is 134 g/mol. The Bertz CT molecular complexity index is 160.